The van der Waals surface area contributed by atoms with Gasteiger partial charge in [0.2, 0.25) is 11.6 Å². The molecular weight excluding hydrogens is 208 g/mol. The predicted molar refractivity (Wildman–Crippen MR) is 57.8 cm³/mol. The van der Waals surface area contributed by atoms with E-state index >= 15 is 0 Å². The number of nitrogens with one attached hydrogen (secondary N) is 4. The van der Waals surface area contributed by atoms with E-state index in [9.17, 15) is 4.79 Å². The van der Waals surface area contributed by atoms with Crippen molar-refractivity contribution in [2.75, 3.05) is 5.32 Å². The SMILES string of the molecule is NNC1=NC2(NN1)C(=O)Nc1ccccc12. The molecule has 1 unspecified atom stereocenters. The van der Waals surface area contributed by atoms with E-state index in [-0.39, 0.29) is 5.91 Å². The number of amides is 1. The summed E-state index contributed by atoms with van der Waals surface area (Å²) < 4.78 is 0. The third-order valence-electron chi connectivity index (χ3n) is 2.67. The highest BCUT2D eigenvalue weighted by Crippen LogP contribution is 2.37. The fourth-order valence-electron chi connectivity index (χ4n) is 1.92. The second-order valence-corrected chi connectivity index (χ2v) is 3.56. The minimum absolute atomic E-state index is 0.230. The molecule has 0 aliphatic carbocycles. The summed E-state index contributed by atoms with van der Waals surface area (Å²) in [5, 5.41) is 2.76. The zero-order valence-electron chi connectivity index (χ0n) is 8.24. The lowest BCUT2D eigenvalue weighted by Gasteiger charge is -2.16. The number of nitrogens with two attached hydrogens (primary N) is 1. The Morgan fingerprint density at radius 2 is 2.19 bits per heavy atom. The number of hydrazine groups is 2. The van der Waals surface area contributed by atoms with Crippen LogP contribution in [-0.2, 0) is 10.5 Å². The van der Waals surface area contributed by atoms with Gasteiger partial charge in [0.15, 0.2) is 0 Å². The highest BCUT2D eigenvalue weighted by molar-refractivity contribution is 6.07. The fraction of sp³-hybridized carbons (Fsp3) is 0.111. The molecule has 1 aromatic rings. The van der Waals surface area contributed by atoms with Gasteiger partial charge in [-0.1, -0.05) is 18.2 Å². The van der Waals surface area contributed by atoms with E-state index in [4.69, 9.17) is 5.84 Å². The third-order valence-corrected chi connectivity index (χ3v) is 2.67. The van der Waals surface area contributed by atoms with Crippen LogP contribution in [0.1, 0.15) is 5.56 Å². The number of carbonyl (C=O) groups is 1. The van der Waals surface area contributed by atoms with Crippen LogP contribution in [0.4, 0.5) is 5.69 Å². The Morgan fingerprint density at radius 3 is 2.94 bits per heavy atom. The molecule has 1 amide bonds. The van der Waals surface area contributed by atoms with Crippen molar-refractivity contribution in [2.24, 2.45) is 10.8 Å². The average molecular weight is 218 g/mol. The number of anilines is 1. The molecule has 0 saturated heterocycles. The van der Waals surface area contributed by atoms with Gasteiger partial charge in [-0.2, -0.15) is 5.43 Å². The van der Waals surface area contributed by atoms with E-state index in [2.05, 4.69) is 26.6 Å². The number of nitrogens with zero attached hydrogens (tertiary/aromatic N) is 1. The summed E-state index contributed by atoms with van der Waals surface area (Å²) in [6.45, 7) is 0. The summed E-state index contributed by atoms with van der Waals surface area (Å²) in [5.74, 6) is 5.33. The van der Waals surface area contributed by atoms with Crippen molar-refractivity contribution < 1.29 is 4.79 Å². The molecule has 6 N–H and O–H groups in total. The molecule has 2 aliphatic heterocycles. The van der Waals surface area contributed by atoms with Crippen LogP contribution < -0.4 is 27.4 Å². The molecule has 7 nitrogen and oxygen atoms in total. The fourth-order valence-corrected chi connectivity index (χ4v) is 1.92. The highest BCUT2D eigenvalue weighted by Gasteiger charge is 2.50. The number of hydrogen-bond donors (Lipinski definition) is 5. The van der Waals surface area contributed by atoms with Gasteiger partial charge in [-0.3, -0.25) is 15.6 Å². The van der Waals surface area contributed by atoms with Gasteiger partial charge < -0.3 is 5.32 Å². The first kappa shape index (κ1) is 9.13. The van der Waals surface area contributed by atoms with Crippen LogP contribution in [0.3, 0.4) is 0 Å². The van der Waals surface area contributed by atoms with Crippen molar-refractivity contribution in [1.82, 2.24) is 16.3 Å². The van der Waals surface area contributed by atoms with Gasteiger partial charge >= 0.3 is 0 Å². The molecule has 1 atom stereocenters. The van der Waals surface area contributed by atoms with Crippen molar-refractivity contribution in [2.45, 2.75) is 5.66 Å². The van der Waals surface area contributed by atoms with Crippen LogP contribution >= 0.6 is 0 Å². The molecule has 1 spiro atoms. The van der Waals surface area contributed by atoms with Crippen molar-refractivity contribution in [3.05, 3.63) is 29.8 Å². The minimum Gasteiger partial charge on any atom is -0.322 e. The summed E-state index contributed by atoms with van der Waals surface area (Å²) in [7, 11) is 0. The van der Waals surface area contributed by atoms with E-state index in [0.717, 1.165) is 11.3 Å². The Kier molecular flexibility index (Phi) is 1.68. The maximum Gasteiger partial charge on any atom is 0.273 e. The molecule has 0 fully saturated rings. The predicted octanol–water partition coefficient (Wildman–Crippen LogP) is -1.28. The Bertz CT molecular complexity index is 499. The van der Waals surface area contributed by atoms with Crippen LogP contribution in [0.5, 0.6) is 0 Å². The van der Waals surface area contributed by atoms with Gasteiger partial charge in [-0.05, 0) is 6.07 Å². The normalized spacial score (nSPS) is 26.1. The van der Waals surface area contributed by atoms with E-state index in [1.165, 1.54) is 0 Å². The number of benzene rings is 1. The highest BCUT2D eigenvalue weighted by atomic mass is 16.2. The first-order chi connectivity index (χ1) is 7.76. The summed E-state index contributed by atoms with van der Waals surface area (Å²) in [6.07, 6.45) is 0. The lowest BCUT2D eigenvalue weighted by molar-refractivity contribution is -0.121. The van der Waals surface area contributed by atoms with Crippen LogP contribution in [0.15, 0.2) is 29.3 Å². The van der Waals surface area contributed by atoms with Crippen LogP contribution in [0.25, 0.3) is 0 Å². The van der Waals surface area contributed by atoms with Crippen molar-refractivity contribution >= 4 is 17.6 Å². The molecule has 0 bridgehead atoms. The maximum absolute atomic E-state index is 11.9. The number of hydrogen-bond acceptors (Lipinski definition) is 6. The number of rotatable bonds is 0. The quantitative estimate of drug-likeness (QED) is 0.275. The smallest absolute Gasteiger partial charge is 0.273 e. The molecule has 16 heavy (non-hydrogen) atoms. The molecule has 0 aromatic heterocycles. The standard InChI is InChI=1S/C9H10N6O/c10-13-8-12-9(15-14-8)5-3-1-2-4-6(5)11-7(9)16/h1-4,15H,10H2,(H,11,16)(H2,12,13,14). The largest absolute Gasteiger partial charge is 0.322 e. The van der Waals surface area contributed by atoms with E-state index in [0.29, 0.717) is 5.96 Å². The van der Waals surface area contributed by atoms with Crippen LogP contribution in [0, 0.1) is 0 Å². The number of fused-ring (bicyclic) bond motifs is 2. The van der Waals surface area contributed by atoms with Crippen LogP contribution in [-0.4, -0.2) is 11.9 Å². The zero-order valence-corrected chi connectivity index (χ0v) is 8.24. The monoisotopic (exact) mass is 218 g/mol. The topological polar surface area (TPSA) is 104 Å². The number of carbonyl (C=O) groups excluding carboxylic acids is 1. The van der Waals surface area contributed by atoms with E-state index < -0.39 is 5.66 Å². The van der Waals surface area contributed by atoms with Gasteiger partial charge in [0.25, 0.3) is 5.91 Å². The Labute approximate surface area is 91.1 Å². The molecule has 1 aromatic carbocycles. The molecule has 3 rings (SSSR count). The van der Waals surface area contributed by atoms with Gasteiger partial charge in [-0.15, -0.1) is 0 Å². The molecule has 0 radical (unpaired) electrons. The lowest BCUT2D eigenvalue weighted by atomic mass is 10.0. The Hall–Kier alpha value is -2.12. The molecular formula is C9H10N6O. The number of guanidine groups is 1. The molecule has 82 valence electrons. The van der Waals surface area contributed by atoms with Gasteiger partial charge in [0.1, 0.15) is 0 Å². The third kappa shape index (κ3) is 0.980. The van der Waals surface area contributed by atoms with Crippen LogP contribution in [0.2, 0.25) is 0 Å². The lowest BCUT2D eigenvalue weighted by Crippen LogP contribution is -2.49. The molecule has 2 aliphatic rings. The van der Waals surface area contributed by atoms with Crippen molar-refractivity contribution in [3.63, 3.8) is 0 Å². The number of para-hydroxylation sites is 1. The first-order valence-electron chi connectivity index (χ1n) is 4.77. The van der Waals surface area contributed by atoms with Gasteiger partial charge in [0.05, 0.1) is 0 Å². The summed E-state index contributed by atoms with van der Waals surface area (Å²) >= 11 is 0. The van der Waals surface area contributed by atoms with E-state index in [1.54, 1.807) is 0 Å². The second kappa shape index (κ2) is 2.94. The summed E-state index contributed by atoms with van der Waals surface area (Å²) in [4.78, 5) is 16.1. The first-order valence-corrected chi connectivity index (χ1v) is 4.77. The van der Waals surface area contributed by atoms with Crippen molar-refractivity contribution in [1.29, 1.82) is 0 Å². The zero-order chi connectivity index (χ0) is 11.2. The molecule has 0 saturated carbocycles. The van der Waals surface area contributed by atoms with Gasteiger partial charge in [0, 0.05) is 11.3 Å². The summed E-state index contributed by atoms with van der Waals surface area (Å²) in [5.41, 5.74) is 8.32. The second-order valence-electron chi connectivity index (χ2n) is 3.56. The number of aliphatic imine (C=N–C) groups is 1. The molecule has 2 heterocycles. The van der Waals surface area contributed by atoms with Gasteiger partial charge in [-0.25, -0.2) is 10.8 Å². The minimum atomic E-state index is -1.11. The van der Waals surface area contributed by atoms with E-state index in [1.807, 2.05) is 24.3 Å². The maximum atomic E-state index is 11.9. The van der Waals surface area contributed by atoms with Crippen molar-refractivity contribution in [3.8, 4) is 0 Å². The summed E-state index contributed by atoms with van der Waals surface area (Å²) in [6, 6.07) is 7.37. The Balaban J connectivity index is 2.15. The average Bonchev–Trinajstić information content (AvgIpc) is 2.85. The molecule has 7 heteroatoms. The Morgan fingerprint density at radius 1 is 1.38 bits per heavy atom.